The van der Waals surface area contributed by atoms with E-state index in [2.05, 4.69) is 43.5 Å². The lowest BCUT2D eigenvalue weighted by atomic mass is 10.2. The summed E-state index contributed by atoms with van der Waals surface area (Å²) in [4.78, 5) is 29.4. The number of ether oxygens (including phenoxy) is 2. The first-order chi connectivity index (χ1) is 12.1. The van der Waals surface area contributed by atoms with Crippen LogP contribution in [0.25, 0.3) is 0 Å². The summed E-state index contributed by atoms with van der Waals surface area (Å²) in [5, 5.41) is 8.88. The van der Waals surface area contributed by atoms with Crippen molar-refractivity contribution in [3.05, 3.63) is 12.2 Å². The van der Waals surface area contributed by atoms with Crippen LogP contribution in [0.5, 0.6) is 0 Å². The molecule has 0 saturated heterocycles. The number of esters is 1. The Bertz CT molecular complexity index is 521. The van der Waals surface area contributed by atoms with E-state index in [9.17, 15) is 9.59 Å². The van der Waals surface area contributed by atoms with Crippen LogP contribution in [-0.2, 0) is 23.6 Å². The molecule has 0 saturated carbocycles. The standard InChI is InChI=1S/C18H35NO7Si/c1-17(2,3)26-16(21)19(13-24-22)14(10-11-15(20)23-7)12-25-27(8,9)18(4,5)6/h10-11,14,22H,12-13H2,1-9H3/b11-10+/t14-/m0/s1. The predicted octanol–water partition coefficient (Wildman–Crippen LogP) is 3.79. The van der Waals surface area contributed by atoms with Crippen LogP contribution in [0.4, 0.5) is 4.79 Å². The van der Waals surface area contributed by atoms with Crippen molar-refractivity contribution in [3.63, 3.8) is 0 Å². The Morgan fingerprint density at radius 3 is 2.11 bits per heavy atom. The molecule has 0 heterocycles. The average molecular weight is 406 g/mol. The van der Waals surface area contributed by atoms with E-state index in [1.165, 1.54) is 19.3 Å². The molecule has 158 valence electrons. The van der Waals surface area contributed by atoms with Gasteiger partial charge in [0.15, 0.2) is 15.0 Å². The highest BCUT2D eigenvalue weighted by Crippen LogP contribution is 2.36. The summed E-state index contributed by atoms with van der Waals surface area (Å²) < 4.78 is 16.2. The maximum atomic E-state index is 12.5. The number of nitrogens with zero attached hydrogens (tertiary/aromatic N) is 1. The second kappa shape index (κ2) is 10.2. The van der Waals surface area contributed by atoms with E-state index < -0.39 is 38.8 Å². The Balaban J connectivity index is 5.59. The van der Waals surface area contributed by atoms with E-state index in [0.29, 0.717) is 0 Å². The molecule has 0 aliphatic carbocycles. The Morgan fingerprint density at radius 2 is 1.70 bits per heavy atom. The molecule has 1 amide bonds. The zero-order valence-electron chi connectivity index (χ0n) is 18.0. The first-order valence-electron chi connectivity index (χ1n) is 8.80. The predicted molar refractivity (Wildman–Crippen MR) is 105 cm³/mol. The molecule has 0 rings (SSSR count). The maximum Gasteiger partial charge on any atom is 0.412 e. The van der Waals surface area contributed by atoms with Crippen LogP contribution in [0.15, 0.2) is 12.2 Å². The molecule has 27 heavy (non-hydrogen) atoms. The number of rotatable bonds is 8. The fourth-order valence-corrected chi connectivity index (χ4v) is 2.70. The Kier molecular flexibility index (Phi) is 9.67. The van der Waals surface area contributed by atoms with Gasteiger partial charge in [-0.2, -0.15) is 0 Å². The molecule has 0 spiro atoms. The lowest BCUT2D eigenvalue weighted by Crippen LogP contribution is -2.49. The van der Waals surface area contributed by atoms with Gasteiger partial charge in [-0.25, -0.2) is 19.7 Å². The fourth-order valence-electron chi connectivity index (χ4n) is 1.68. The van der Waals surface area contributed by atoms with Gasteiger partial charge in [0.05, 0.1) is 19.8 Å². The molecule has 0 aliphatic heterocycles. The minimum absolute atomic E-state index is 0.0339. The lowest BCUT2D eigenvalue weighted by Gasteiger charge is -2.38. The zero-order chi connectivity index (χ0) is 21.5. The van der Waals surface area contributed by atoms with Crippen LogP contribution in [0.3, 0.4) is 0 Å². The molecule has 0 unspecified atom stereocenters. The number of carbonyl (C=O) groups excluding carboxylic acids is 2. The summed E-state index contributed by atoms with van der Waals surface area (Å²) >= 11 is 0. The van der Waals surface area contributed by atoms with Crippen LogP contribution in [-0.4, -0.2) is 62.6 Å². The Labute approximate surface area is 163 Å². The normalized spacial score (nSPS) is 14.1. The summed E-state index contributed by atoms with van der Waals surface area (Å²) in [5.74, 6) is -0.568. The lowest BCUT2D eigenvalue weighted by molar-refractivity contribution is -0.268. The van der Waals surface area contributed by atoms with Gasteiger partial charge < -0.3 is 13.9 Å². The third-order valence-electron chi connectivity index (χ3n) is 4.30. The second-order valence-electron chi connectivity index (χ2n) is 8.73. The molecule has 1 N–H and O–H groups in total. The number of hydrogen-bond donors (Lipinski definition) is 1. The van der Waals surface area contributed by atoms with Crippen LogP contribution in [0.2, 0.25) is 18.1 Å². The molecule has 9 heteroatoms. The van der Waals surface area contributed by atoms with E-state index >= 15 is 0 Å². The summed E-state index contributed by atoms with van der Waals surface area (Å²) in [6, 6.07) is -0.694. The molecule has 0 radical (unpaired) electrons. The quantitative estimate of drug-likeness (QED) is 0.164. The summed E-state index contributed by atoms with van der Waals surface area (Å²) in [5.41, 5.74) is -0.734. The van der Waals surface area contributed by atoms with Crippen molar-refractivity contribution in [2.45, 2.75) is 71.3 Å². The number of hydrogen-bond acceptors (Lipinski definition) is 7. The van der Waals surface area contributed by atoms with Crippen molar-refractivity contribution in [3.8, 4) is 0 Å². The van der Waals surface area contributed by atoms with Gasteiger partial charge in [0.25, 0.3) is 0 Å². The molecule has 0 aromatic rings. The van der Waals surface area contributed by atoms with Gasteiger partial charge in [-0.3, -0.25) is 4.90 Å². The monoisotopic (exact) mass is 405 g/mol. The number of methoxy groups -OCH3 is 1. The maximum absolute atomic E-state index is 12.5. The first-order valence-corrected chi connectivity index (χ1v) is 11.7. The highest BCUT2D eigenvalue weighted by atomic mass is 28.4. The molecule has 1 atom stereocenters. The van der Waals surface area contributed by atoms with Gasteiger partial charge in [0, 0.05) is 6.08 Å². The summed E-state index contributed by atoms with van der Waals surface area (Å²) in [6.07, 6.45) is 1.98. The van der Waals surface area contributed by atoms with Gasteiger partial charge >= 0.3 is 12.1 Å². The molecule has 0 aliphatic rings. The summed E-state index contributed by atoms with van der Waals surface area (Å²) in [6.45, 7) is 15.3. The van der Waals surface area contributed by atoms with Gasteiger partial charge in [0.2, 0.25) is 0 Å². The SMILES string of the molecule is COC(=O)/C=C/[C@@H](CO[Si](C)(C)C(C)(C)C)N(COO)C(=O)OC(C)(C)C. The topological polar surface area (TPSA) is 94.5 Å². The van der Waals surface area contributed by atoms with Gasteiger partial charge in [-0.1, -0.05) is 26.8 Å². The van der Waals surface area contributed by atoms with Crippen LogP contribution in [0.1, 0.15) is 41.5 Å². The summed E-state index contributed by atoms with van der Waals surface area (Å²) in [7, 11) is -0.855. The third-order valence-corrected chi connectivity index (χ3v) is 8.80. The minimum atomic E-state index is -2.11. The second-order valence-corrected chi connectivity index (χ2v) is 13.5. The van der Waals surface area contributed by atoms with Crippen molar-refractivity contribution in [1.29, 1.82) is 0 Å². The van der Waals surface area contributed by atoms with Crippen molar-refractivity contribution in [2.75, 3.05) is 20.4 Å². The van der Waals surface area contributed by atoms with Crippen LogP contribution in [0, 0.1) is 0 Å². The Hall–Kier alpha value is -1.42. The first kappa shape index (κ1) is 25.6. The van der Waals surface area contributed by atoms with E-state index in [0.717, 1.165) is 4.90 Å². The van der Waals surface area contributed by atoms with Crippen molar-refractivity contribution in [1.82, 2.24) is 4.90 Å². The zero-order valence-corrected chi connectivity index (χ0v) is 19.0. The average Bonchev–Trinajstić information content (AvgIpc) is 2.50. The Morgan fingerprint density at radius 1 is 1.15 bits per heavy atom. The molecule has 8 nitrogen and oxygen atoms in total. The molecular weight excluding hydrogens is 370 g/mol. The largest absolute Gasteiger partial charge is 0.466 e. The molecule has 0 aromatic carbocycles. The van der Waals surface area contributed by atoms with Gasteiger partial charge in [-0.05, 0) is 38.9 Å². The van der Waals surface area contributed by atoms with Crippen LogP contribution >= 0.6 is 0 Å². The highest BCUT2D eigenvalue weighted by Gasteiger charge is 2.38. The third kappa shape index (κ3) is 9.36. The number of carbonyl (C=O) groups is 2. The van der Waals surface area contributed by atoms with Crippen molar-refractivity contribution >= 4 is 20.4 Å². The van der Waals surface area contributed by atoms with Gasteiger partial charge in [0.1, 0.15) is 5.60 Å². The van der Waals surface area contributed by atoms with E-state index in [4.69, 9.17) is 14.4 Å². The molecule has 0 fully saturated rings. The molecule has 0 aromatic heterocycles. The van der Waals surface area contributed by atoms with Gasteiger partial charge in [-0.15, -0.1) is 0 Å². The van der Waals surface area contributed by atoms with E-state index in [-0.39, 0.29) is 11.6 Å². The fraction of sp³-hybridized carbons (Fsp3) is 0.778. The van der Waals surface area contributed by atoms with E-state index in [1.807, 2.05) is 0 Å². The van der Waals surface area contributed by atoms with Crippen molar-refractivity contribution in [2.24, 2.45) is 0 Å². The minimum Gasteiger partial charge on any atom is -0.466 e. The van der Waals surface area contributed by atoms with Crippen molar-refractivity contribution < 1.29 is 33.6 Å². The smallest absolute Gasteiger partial charge is 0.412 e. The van der Waals surface area contributed by atoms with E-state index in [1.54, 1.807) is 20.8 Å². The molecule has 0 bridgehead atoms. The number of amides is 1. The highest BCUT2D eigenvalue weighted by molar-refractivity contribution is 6.74. The van der Waals surface area contributed by atoms with Crippen LogP contribution < -0.4 is 0 Å². The molecular formula is C18H35NO7Si.